The summed E-state index contributed by atoms with van der Waals surface area (Å²) in [4.78, 5) is 10.5. The molecule has 0 saturated heterocycles. The average Bonchev–Trinajstić information content (AvgIpc) is 2.49. The van der Waals surface area contributed by atoms with Gasteiger partial charge < -0.3 is 9.21 Å². The Bertz CT molecular complexity index is 254. The number of aldehydes is 1. The van der Waals surface area contributed by atoms with Crippen molar-refractivity contribution in [2.24, 2.45) is 5.41 Å². The highest BCUT2D eigenvalue weighted by Crippen LogP contribution is 2.37. The molecule has 1 atom stereocenters. The summed E-state index contributed by atoms with van der Waals surface area (Å²) in [6.07, 6.45) is 4.91. The van der Waals surface area contributed by atoms with E-state index in [9.17, 15) is 4.79 Å². The summed E-state index contributed by atoms with van der Waals surface area (Å²) in [5.41, 5.74) is 1.21. The van der Waals surface area contributed by atoms with Gasteiger partial charge in [-0.2, -0.15) is 0 Å². The summed E-state index contributed by atoms with van der Waals surface area (Å²) in [5, 5.41) is 0. The largest absolute Gasteiger partial charge is 0.472 e. The molecule has 13 heavy (non-hydrogen) atoms. The van der Waals surface area contributed by atoms with Crippen molar-refractivity contribution in [1.29, 1.82) is 0 Å². The van der Waals surface area contributed by atoms with Crippen molar-refractivity contribution in [3.63, 3.8) is 0 Å². The fraction of sp³-hybridized carbons (Fsp3) is 0.545. The molecule has 0 amide bonds. The van der Waals surface area contributed by atoms with Crippen molar-refractivity contribution in [3.8, 4) is 0 Å². The third-order valence-corrected chi connectivity index (χ3v) is 2.32. The van der Waals surface area contributed by atoms with Crippen LogP contribution in [0, 0.1) is 5.41 Å². The Hall–Kier alpha value is -1.05. The number of furan rings is 1. The van der Waals surface area contributed by atoms with E-state index in [2.05, 4.69) is 20.8 Å². The first kappa shape index (κ1) is 10.0. The molecule has 2 nitrogen and oxygen atoms in total. The zero-order valence-corrected chi connectivity index (χ0v) is 8.41. The van der Waals surface area contributed by atoms with Crippen LogP contribution in [0.4, 0.5) is 0 Å². The molecule has 0 radical (unpaired) electrons. The van der Waals surface area contributed by atoms with Crippen LogP contribution in [-0.4, -0.2) is 6.29 Å². The molecule has 0 aliphatic carbocycles. The maximum atomic E-state index is 10.5. The minimum atomic E-state index is 0.102. The third-order valence-electron chi connectivity index (χ3n) is 2.32. The summed E-state index contributed by atoms with van der Waals surface area (Å²) >= 11 is 0. The van der Waals surface area contributed by atoms with E-state index in [0.717, 1.165) is 11.8 Å². The Labute approximate surface area is 78.9 Å². The summed E-state index contributed by atoms with van der Waals surface area (Å²) in [6, 6.07) is 1.93. The van der Waals surface area contributed by atoms with Crippen molar-refractivity contribution in [1.82, 2.24) is 0 Å². The molecule has 1 aromatic heterocycles. The minimum Gasteiger partial charge on any atom is -0.472 e. The molecule has 0 N–H and O–H groups in total. The highest BCUT2D eigenvalue weighted by molar-refractivity contribution is 5.51. The van der Waals surface area contributed by atoms with E-state index in [0.29, 0.717) is 6.42 Å². The maximum Gasteiger partial charge on any atom is 0.120 e. The highest BCUT2D eigenvalue weighted by Gasteiger charge is 2.26. The standard InChI is InChI=1S/C11H16O2/c1-11(2,3)10(4-6-12)9-5-7-13-8-9/h5-8,10H,4H2,1-3H3. The molecule has 1 rings (SSSR count). The lowest BCUT2D eigenvalue weighted by molar-refractivity contribution is -0.108. The zero-order chi connectivity index (χ0) is 9.90. The Morgan fingerprint density at radius 1 is 1.54 bits per heavy atom. The SMILES string of the molecule is CC(C)(C)C(CC=O)c1ccoc1. The average molecular weight is 180 g/mol. The van der Waals surface area contributed by atoms with Gasteiger partial charge in [0.2, 0.25) is 0 Å². The molecule has 1 heterocycles. The first-order valence-corrected chi connectivity index (χ1v) is 4.51. The predicted octanol–water partition coefficient (Wildman–Crippen LogP) is 3.00. The van der Waals surface area contributed by atoms with E-state index in [-0.39, 0.29) is 11.3 Å². The van der Waals surface area contributed by atoms with Crippen LogP contribution in [0.15, 0.2) is 23.0 Å². The van der Waals surface area contributed by atoms with E-state index >= 15 is 0 Å². The Kier molecular flexibility index (Phi) is 2.91. The maximum absolute atomic E-state index is 10.5. The second-order valence-corrected chi connectivity index (χ2v) is 4.38. The number of rotatable bonds is 3. The topological polar surface area (TPSA) is 30.2 Å². The van der Waals surface area contributed by atoms with E-state index in [1.165, 1.54) is 0 Å². The van der Waals surface area contributed by atoms with Gasteiger partial charge in [-0.15, -0.1) is 0 Å². The van der Waals surface area contributed by atoms with Crippen molar-refractivity contribution in [2.75, 3.05) is 0 Å². The minimum absolute atomic E-state index is 0.102. The van der Waals surface area contributed by atoms with Gasteiger partial charge >= 0.3 is 0 Å². The van der Waals surface area contributed by atoms with Crippen LogP contribution in [0.3, 0.4) is 0 Å². The van der Waals surface area contributed by atoms with Crippen molar-refractivity contribution < 1.29 is 9.21 Å². The lowest BCUT2D eigenvalue weighted by atomic mass is 9.76. The molecule has 0 spiro atoms. The van der Waals surface area contributed by atoms with Gasteiger partial charge in [0.1, 0.15) is 6.29 Å². The van der Waals surface area contributed by atoms with Crippen molar-refractivity contribution in [2.45, 2.75) is 33.1 Å². The van der Waals surface area contributed by atoms with Gasteiger partial charge in [-0.25, -0.2) is 0 Å². The van der Waals surface area contributed by atoms with E-state index in [4.69, 9.17) is 4.42 Å². The van der Waals surface area contributed by atoms with Gasteiger partial charge in [0.05, 0.1) is 12.5 Å². The fourth-order valence-electron chi connectivity index (χ4n) is 1.56. The predicted molar refractivity (Wildman–Crippen MR) is 51.6 cm³/mol. The van der Waals surface area contributed by atoms with Gasteiger partial charge in [0.25, 0.3) is 0 Å². The molecule has 0 bridgehead atoms. The molecule has 1 unspecified atom stereocenters. The van der Waals surface area contributed by atoms with Crippen LogP contribution >= 0.6 is 0 Å². The summed E-state index contributed by atoms with van der Waals surface area (Å²) in [7, 11) is 0. The summed E-state index contributed by atoms with van der Waals surface area (Å²) in [5.74, 6) is 0.253. The van der Waals surface area contributed by atoms with Crippen LogP contribution < -0.4 is 0 Å². The van der Waals surface area contributed by atoms with Gasteiger partial charge in [-0.05, 0) is 23.0 Å². The zero-order valence-electron chi connectivity index (χ0n) is 8.41. The molecule has 0 aromatic carbocycles. The molecule has 72 valence electrons. The Morgan fingerprint density at radius 3 is 2.62 bits per heavy atom. The first-order valence-electron chi connectivity index (χ1n) is 4.51. The lowest BCUT2D eigenvalue weighted by Gasteiger charge is -2.28. The molecular weight excluding hydrogens is 164 g/mol. The normalized spacial score (nSPS) is 14.1. The molecule has 2 heteroatoms. The number of hydrogen-bond donors (Lipinski definition) is 0. The molecular formula is C11H16O2. The second kappa shape index (κ2) is 3.77. The Morgan fingerprint density at radius 2 is 2.23 bits per heavy atom. The summed E-state index contributed by atoms with van der Waals surface area (Å²) < 4.78 is 5.02. The molecule has 0 aliphatic rings. The second-order valence-electron chi connectivity index (χ2n) is 4.38. The molecule has 0 aliphatic heterocycles. The number of carbonyl (C=O) groups excluding carboxylic acids is 1. The van der Waals surface area contributed by atoms with Gasteiger partial charge in [-0.3, -0.25) is 0 Å². The van der Waals surface area contributed by atoms with Crippen LogP contribution in [0.2, 0.25) is 0 Å². The monoisotopic (exact) mass is 180 g/mol. The van der Waals surface area contributed by atoms with Gasteiger partial charge in [0, 0.05) is 6.42 Å². The first-order chi connectivity index (χ1) is 6.05. The van der Waals surface area contributed by atoms with E-state index in [1.54, 1.807) is 12.5 Å². The van der Waals surface area contributed by atoms with Crippen LogP contribution in [0.1, 0.15) is 38.7 Å². The van der Waals surface area contributed by atoms with E-state index < -0.39 is 0 Å². The van der Waals surface area contributed by atoms with Crippen LogP contribution in [0.25, 0.3) is 0 Å². The van der Waals surface area contributed by atoms with Gasteiger partial charge in [0.15, 0.2) is 0 Å². The smallest absolute Gasteiger partial charge is 0.120 e. The molecule has 0 fully saturated rings. The van der Waals surface area contributed by atoms with Crippen LogP contribution in [-0.2, 0) is 4.79 Å². The summed E-state index contributed by atoms with van der Waals surface area (Å²) in [6.45, 7) is 6.40. The Balaban J connectivity index is 2.86. The fourth-order valence-corrected chi connectivity index (χ4v) is 1.56. The molecule has 1 aromatic rings. The number of carbonyl (C=O) groups is 1. The van der Waals surface area contributed by atoms with Crippen LogP contribution in [0.5, 0.6) is 0 Å². The lowest BCUT2D eigenvalue weighted by Crippen LogP contribution is -2.18. The van der Waals surface area contributed by atoms with Gasteiger partial charge in [-0.1, -0.05) is 20.8 Å². The van der Waals surface area contributed by atoms with Crippen molar-refractivity contribution >= 4 is 6.29 Å². The highest BCUT2D eigenvalue weighted by atomic mass is 16.3. The number of hydrogen-bond acceptors (Lipinski definition) is 2. The van der Waals surface area contributed by atoms with Crippen molar-refractivity contribution in [3.05, 3.63) is 24.2 Å². The third kappa shape index (κ3) is 2.44. The van der Waals surface area contributed by atoms with E-state index in [1.807, 2.05) is 6.07 Å². The quantitative estimate of drug-likeness (QED) is 0.669. The molecule has 0 saturated carbocycles.